The number of likely N-dealkylation sites (tertiary alicyclic amines) is 1. The molecule has 0 spiro atoms. The SMILES string of the molecule is CC.NC(=O)CN1CCCC1.[HH]. The molecule has 1 aliphatic rings. The second-order valence-corrected chi connectivity index (χ2v) is 2.45. The van der Waals surface area contributed by atoms with Gasteiger partial charge in [0.15, 0.2) is 0 Å². The van der Waals surface area contributed by atoms with E-state index < -0.39 is 0 Å². The second kappa shape index (κ2) is 6.16. The smallest absolute Gasteiger partial charge is 0.231 e. The summed E-state index contributed by atoms with van der Waals surface area (Å²) >= 11 is 0. The van der Waals surface area contributed by atoms with Crippen LogP contribution in [-0.2, 0) is 4.79 Å². The Kier molecular flexibility index (Phi) is 5.84. The van der Waals surface area contributed by atoms with Gasteiger partial charge in [0.25, 0.3) is 0 Å². The van der Waals surface area contributed by atoms with Crippen LogP contribution in [0.25, 0.3) is 0 Å². The van der Waals surface area contributed by atoms with Gasteiger partial charge in [0.05, 0.1) is 6.54 Å². The highest BCUT2D eigenvalue weighted by atomic mass is 16.1. The molecule has 0 saturated carbocycles. The van der Waals surface area contributed by atoms with Gasteiger partial charge in [-0.05, 0) is 25.9 Å². The van der Waals surface area contributed by atoms with E-state index in [2.05, 4.69) is 4.90 Å². The number of hydrogen-bond acceptors (Lipinski definition) is 2. The highest BCUT2D eigenvalue weighted by Crippen LogP contribution is 2.05. The van der Waals surface area contributed by atoms with E-state index in [-0.39, 0.29) is 7.33 Å². The first-order chi connectivity index (χ1) is 5.29. The van der Waals surface area contributed by atoms with Crippen molar-refractivity contribution >= 4 is 5.91 Å². The minimum Gasteiger partial charge on any atom is -0.369 e. The van der Waals surface area contributed by atoms with Crippen molar-refractivity contribution in [2.45, 2.75) is 26.7 Å². The third kappa shape index (κ3) is 4.79. The van der Waals surface area contributed by atoms with Crippen molar-refractivity contribution < 1.29 is 6.22 Å². The third-order valence-electron chi connectivity index (χ3n) is 1.58. The first kappa shape index (κ1) is 10.4. The lowest BCUT2D eigenvalue weighted by atomic mass is 10.4. The number of nitrogens with two attached hydrogens (primary N) is 1. The molecule has 1 heterocycles. The van der Waals surface area contributed by atoms with Crippen LogP contribution in [0, 0.1) is 0 Å². The minimum atomic E-state index is -0.211. The molecule has 0 radical (unpaired) electrons. The van der Waals surface area contributed by atoms with Crippen LogP contribution >= 0.6 is 0 Å². The lowest BCUT2D eigenvalue weighted by Gasteiger charge is -2.09. The summed E-state index contributed by atoms with van der Waals surface area (Å²) in [6, 6.07) is 0. The van der Waals surface area contributed by atoms with Crippen molar-refractivity contribution in [2.75, 3.05) is 19.6 Å². The molecule has 68 valence electrons. The van der Waals surface area contributed by atoms with Gasteiger partial charge in [-0.25, -0.2) is 0 Å². The summed E-state index contributed by atoms with van der Waals surface area (Å²) in [5, 5.41) is 0. The van der Waals surface area contributed by atoms with Crippen LogP contribution in [0.2, 0.25) is 0 Å². The van der Waals surface area contributed by atoms with E-state index in [1.54, 1.807) is 0 Å². The molecule has 1 amide bonds. The molecule has 1 fully saturated rings. The molecule has 2 N–H and O–H groups in total. The fourth-order valence-corrected chi connectivity index (χ4v) is 1.16. The summed E-state index contributed by atoms with van der Waals surface area (Å²) in [4.78, 5) is 12.4. The molecule has 1 saturated heterocycles. The predicted molar refractivity (Wildman–Crippen MR) is 48.3 cm³/mol. The molecule has 0 unspecified atom stereocenters. The van der Waals surface area contributed by atoms with E-state index in [9.17, 15) is 4.79 Å². The highest BCUT2D eigenvalue weighted by molar-refractivity contribution is 5.75. The fraction of sp³-hybridized carbons (Fsp3) is 0.875. The van der Waals surface area contributed by atoms with E-state index in [0.29, 0.717) is 6.54 Å². The zero-order valence-electron chi connectivity index (χ0n) is 7.47. The van der Waals surface area contributed by atoms with Gasteiger partial charge in [-0.2, -0.15) is 0 Å². The maximum Gasteiger partial charge on any atom is 0.231 e. The Balaban J connectivity index is 0. The van der Waals surface area contributed by atoms with Gasteiger partial charge in [-0.15, -0.1) is 0 Å². The molecular formula is C8H20N2O. The molecule has 1 rings (SSSR count). The number of carbonyl (C=O) groups excluding carboxylic acids is 1. The van der Waals surface area contributed by atoms with E-state index >= 15 is 0 Å². The quantitative estimate of drug-likeness (QED) is 0.650. The van der Waals surface area contributed by atoms with E-state index in [4.69, 9.17) is 5.73 Å². The zero-order chi connectivity index (χ0) is 8.69. The lowest BCUT2D eigenvalue weighted by Crippen LogP contribution is -2.31. The molecule has 3 nitrogen and oxygen atoms in total. The van der Waals surface area contributed by atoms with E-state index in [0.717, 1.165) is 13.1 Å². The summed E-state index contributed by atoms with van der Waals surface area (Å²) in [5.41, 5.74) is 4.99. The van der Waals surface area contributed by atoms with Crippen LogP contribution in [0.3, 0.4) is 0 Å². The normalized spacial score (nSPS) is 17.3. The topological polar surface area (TPSA) is 46.3 Å². The number of primary amides is 1. The molecule has 3 heteroatoms. The molecule has 11 heavy (non-hydrogen) atoms. The molecule has 0 aromatic rings. The second-order valence-electron chi connectivity index (χ2n) is 2.45. The van der Waals surface area contributed by atoms with Crippen molar-refractivity contribution in [3.63, 3.8) is 0 Å². The molecule has 0 bridgehead atoms. The van der Waals surface area contributed by atoms with Gasteiger partial charge in [0, 0.05) is 1.43 Å². The molecule has 0 atom stereocenters. The molecular weight excluding hydrogens is 140 g/mol. The van der Waals surface area contributed by atoms with Crippen molar-refractivity contribution in [3.05, 3.63) is 0 Å². The van der Waals surface area contributed by atoms with Crippen molar-refractivity contribution in [1.29, 1.82) is 0 Å². The van der Waals surface area contributed by atoms with Crippen LogP contribution in [0.1, 0.15) is 28.1 Å². The largest absolute Gasteiger partial charge is 0.369 e. The summed E-state index contributed by atoms with van der Waals surface area (Å²) in [7, 11) is 0. The van der Waals surface area contributed by atoms with Crippen LogP contribution in [0.4, 0.5) is 0 Å². The van der Waals surface area contributed by atoms with Crippen LogP contribution in [-0.4, -0.2) is 30.4 Å². The highest BCUT2D eigenvalue weighted by Gasteiger charge is 2.12. The molecule has 0 aliphatic carbocycles. The minimum absolute atomic E-state index is 0. The molecule has 0 aromatic heterocycles. The molecule has 1 aliphatic heterocycles. The summed E-state index contributed by atoms with van der Waals surface area (Å²) in [6.45, 7) is 6.53. The van der Waals surface area contributed by atoms with Gasteiger partial charge >= 0.3 is 0 Å². The first-order valence-electron chi connectivity index (χ1n) is 4.30. The van der Waals surface area contributed by atoms with Gasteiger partial charge in [0.2, 0.25) is 5.91 Å². The maximum absolute atomic E-state index is 10.3. The fourth-order valence-electron chi connectivity index (χ4n) is 1.16. The number of nitrogens with zero attached hydrogens (tertiary/aromatic N) is 1. The van der Waals surface area contributed by atoms with Crippen molar-refractivity contribution in [2.24, 2.45) is 5.73 Å². The lowest BCUT2D eigenvalue weighted by molar-refractivity contribution is -0.118. The Morgan fingerprint density at radius 3 is 2.27 bits per heavy atom. The predicted octanol–water partition coefficient (Wildman–Crippen LogP) is 0.840. The standard InChI is InChI=1S/C6H12N2O.C2H6.H2/c7-6(9)5-8-3-1-2-4-8;1-2;/h1-5H2,(H2,7,9);1-2H3;1H. The van der Waals surface area contributed by atoms with E-state index in [1.807, 2.05) is 13.8 Å². The van der Waals surface area contributed by atoms with Gasteiger partial charge in [0.1, 0.15) is 0 Å². The van der Waals surface area contributed by atoms with Crippen LogP contribution in [0.15, 0.2) is 0 Å². The Hall–Kier alpha value is -0.570. The third-order valence-corrected chi connectivity index (χ3v) is 1.58. The van der Waals surface area contributed by atoms with Gasteiger partial charge < -0.3 is 5.73 Å². The van der Waals surface area contributed by atoms with Gasteiger partial charge in [-0.1, -0.05) is 13.8 Å². The average molecular weight is 160 g/mol. The van der Waals surface area contributed by atoms with Gasteiger partial charge in [-0.3, -0.25) is 9.69 Å². The van der Waals surface area contributed by atoms with Crippen LogP contribution in [0.5, 0.6) is 0 Å². The van der Waals surface area contributed by atoms with E-state index in [1.165, 1.54) is 12.8 Å². The summed E-state index contributed by atoms with van der Waals surface area (Å²) in [6.07, 6.45) is 2.43. The van der Waals surface area contributed by atoms with Crippen molar-refractivity contribution in [3.8, 4) is 0 Å². The number of carbonyl (C=O) groups is 1. The number of hydrogen-bond donors (Lipinski definition) is 1. The Morgan fingerprint density at radius 1 is 1.45 bits per heavy atom. The monoisotopic (exact) mass is 160 g/mol. The Bertz CT molecular complexity index is 114. The maximum atomic E-state index is 10.3. The number of amides is 1. The average Bonchev–Trinajstić information content (AvgIpc) is 2.43. The Labute approximate surface area is 70.0 Å². The number of rotatable bonds is 2. The first-order valence-corrected chi connectivity index (χ1v) is 4.30. The summed E-state index contributed by atoms with van der Waals surface area (Å²) in [5.74, 6) is -0.211. The Morgan fingerprint density at radius 2 is 1.91 bits per heavy atom. The summed E-state index contributed by atoms with van der Waals surface area (Å²) < 4.78 is 0. The van der Waals surface area contributed by atoms with Crippen molar-refractivity contribution in [1.82, 2.24) is 4.90 Å². The van der Waals surface area contributed by atoms with Crippen LogP contribution < -0.4 is 5.73 Å². The zero-order valence-corrected chi connectivity index (χ0v) is 7.47. The molecule has 0 aromatic carbocycles.